The predicted molar refractivity (Wildman–Crippen MR) is 76.5 cm³/mol. The summed E-state index contributed by atoms with van der Waals surface area (Å²) >= 11 is 0. The average molecular weight is 244 g/mol. The molecule has 0 saturated carbocycles. The van der Waals surface area contributed by atoms with Crippen LogP contribution in [0.2, 0.25) is 0 Å². The van der Waals surface area contributed by atoms with Gasteiger partial charge in [0, 0.05) is 30.8 Å². The lowest BCUT2D eigenvalue weighted by molar-refractivity contribution is -0.119. The molecule has 0 bridgehead atoms. The van der Waals surface area contributed by atoms with E-state index in [0.717, 1.165) is 16.9 Å². The van der Waals surface area contributed by atoms with E-state index in [1.807, 2.05) is 32.1 Å². The number of aliphatic imine (C=N–C) groups is 1. The smallest absolute Gasteiger partial charge is 0.220 e. The highest BCUT2D eigenvalue weighted by molar-refractivity contribution is 6.02. The van der Waals surface area contributed by atoms with Gasteiger partial charge >= 0.3 is 0 Å². The maximum atomic E-state index is 11.3. The summed E-state index contributed by atoms with van der Waals surface area (Å²) in [7, 11) is 0. The number of rotatable bonds is 5. The van der Waals surface area contributed by atoms with Crippen LogP contribution in [0, 0.1) is 5.92 Å². The number of amides is 1. The second kappa shape index (κ2) is 6.74. The van der Waals surface area contributed by atoms with Crippen LogP contribution in [-0.4, -0.2) is 18.2 Å². The number of allylic oxidation sites excluding steroid dienone is 4. The minimum atomic E-state index is 0.0949. The summed E-state index contributed by atoms with van der Waals surface area (Å²) in [6, 6.07) is 0. The highest BCUT2D eigenvalue weighted by Gasteiger charge is 2.26. The van der Waals surface area contributed by atoms with Crippen molar-refractivity contribution in [2.75, 3.05) is 6.54 Å². The maximum Gasteiger partial charge on any atom is 0.220 e. The van der Waals surface area contributed by atoms with Crippen molar-refractivity contribution >= 4 is 11.6 Å². The Balaban J connectivity index is 2.99. The molecule has 0 radical (unpaired) electrons. The number of hydrogen-bond acceptors (Lipinski definition) is 2. The van der Waals surface area contributed by atoms with Crippen molar-refractivity contribution in [3.8, 4) is 0 Å². The molecule has 18 heavy (non-hydrogen) atoms. The highest BCUT2D eigenvalue weighted by atomic mass is 16.1. The lowest BCUT2D eigenvalue weighted by Gasteiger charge is -2.15. The fourth-order valence-corrected chi connectivity index (χ4v) is 1.93. The van der Waals surface area contributed by atoms with Gasteiger partial charge in [0.15, 0.2) is 0 Å². The molecular weight excluding hydrogens is 224 g/mol. The average Bonchev–Trinajstić information content (AvgIpc) is 2.76. The molecule has 0 aromatic heterocycles. The summed E-state index contributed by atoms with van der Waals surface area (Å²) in [5.41, 5.74) is 2.77. The van der Waals surface area contributed by atoms with Crippen LogP contribution in [0.15, 0.2) is 53.7 Å². The molecular formula is C15H20N2O. The van der Waals surface area contributed by atoms with Crippen LogP contribution < -0.4 is 5.32 Å². The van der Waals surface area contributed by atoms with E-state index < -0.39 is 0 Å². The van der Waals surface area contributed by atoms with Crippen molar-refractivity contribution in [1.82, 2.24) is 5.32 Å². The van der Waals surface area contributed by atoms with Crippen LogP contribution in [0.1, 0.15) is 20.3 Å². The van der Waals surface area contributed by atoms with Crippen LogP contribution in [-0.2, 0) is 4.79 Å². The molecule has 1 atom stereocenters. The van der Waals surface area contributed by atoms with Crippen LogP contribution in [0.4, 0.5) is 0 Å². The van der Waals surface area contributed by atoms with Gasteiger partial charge in [-0.05, 0) is 25.0 Å². The van der Waals surface area contributed by atoms with E-state index in [1.165, 1.54) is 6.20 Å². The lowest BCUT2D eigenvalue weighted by atomic mass is 9.89. The summed E-state index contributed by atoms with van der Waals surface area (Å²) in [6.07, 6.45) is 7.95. The third-order valence-corrected chi connectivity index (χ3v) is 2.96. The molecule has 1 aliphatic heterocycles. The summed E-state index contributed by atoms with van der Waals surface area (Å²) in [4.78, 5) is 15.5. The Labute approximate surface area is 109 Å². The monoisotopic (exact) mass is 244 g/mol. The Morgan fingerprint density at radius 1 is 1.56 bits per heavy atom. The zero-order valence-corrected chi connectivity index (χ0v) is 11.1. The first-order valence-corrected chi connectivity index (χ1v) is 6.04. The minimum Gasteiger partial charge on any atom is -0.355 e. The Morgan fingerprint density at radius 3 is 2.78 bits per heavy atom. The van der Waals surface area contributed by atoms with E-state index >= 15 is 0 Å². The van der Waals surface area contributed by atoms with Crippen molar-refractivity contribution in [3.05, 3.63) is 48.7 Å². The van der Waals surface area contributed by atoms with Crippen molar-refractivity contribution in [1.29, 1.82) is 0 Å². The van der Waals surface area contributed by atoms with E-state index in [4.69, 9.17) is 0 Å². The van der Waals surface area contributed by atoms with Gasteiger partial charge in [-0.2, -0.15) is 0 Å². The molecule has 1 heterocycles. The summed E-state index contributed by atoms with van der Waals surface area (Å²) in [6.45, 7) is 12.2. The summed E-state index contributed by atoms with van der Waals surface area (Å²) in [5, 5.41) is 2.85. The minimum absolute atomic E-state index is 0.0949. The molecule has 96 valence electrons. The fourth-order valence-electron chi connectivity index (χ4n) is 1.93. The van der Waals surface area contributed by atoms with Crippen LogP contribution in [0.5, 0.6) is 0 Å². The molecule has 3 nitrogen and oxygen atoms in total. The molecule has 0 spiro atoms. The molecule has 1 unspecified atom stereocenters. The van der Waals surface area contributed by atoms with Crippen molar-refractivity contribution in [3.63, 3.8) is 0 Å². The summed E-state index contributed by atoms with van der Waals surface area (Å²) in [5.74, 6) is 0.272. The molecule has 0 aliphatic carbocycles. The number of nitrogens with zero attached hydrogens (tertiary/aromatic N) is 1. The zero-order valence-electron chi connectivity index (χ0n) is 11.1. The topological polar surface area (TPSA) is 41.5 Å². The SMILES string of the molecule is C=C/N=C(\C)C(=C)/C(=C\C=C/C)C1CNC(=O)C1. The Kier molecular flexibility index (Phi) is 5.31. The molecule has 1 aliphatic rings. The maximum absolute atomic E-state index is 11.3. The van der Waals surface area contributed by atoms with E-state index in [0.29, 0.717) is 13.0 Å². The van der Waals surface area contributed by atoms with Gasteiger partial charge in [-0.1, -0.05) is 31.4 Å². The lowest BCUT2D eigenvalue weighted by Crippen LogP contribution is -2.15. The third-order valence-electron chi connectivity index (χ3n) is 2.96. The second-order valence-corrected chi connectivity index (χ2v) is 4.23. The molecule has 1 fully saturated rings. The third kappa shape index (κ3) is 3.55. The molecule has 1 saturated heterocycles. The Bertz CT molecular complexity index is 441. The van der Waals surface area contributed by atoms with Gasteiger partial charge in [0.1, 0.15) is 0 Å². The van der Waals surface area contributed by atoms with E-state index in [-0.39, 0.29) is 11.8 Å². The van der Waals surface area contributed by atoms with E-state index in [1.54, 1.807) is 0 Å². The highest BCUT2D eigenvalue weighted by Crippen LogP contribution is 2.26. The molecule has 0 aromatic rings. The van der Waals surface area contributed by atoms with Gasteiger partial charge in [0.25, 0.3) is 0 Å². The van der Waals surface area contributed by atoms with Crippen molar-refractivity contribution in [2.45, 2.75) is 20.3 Å². The number of carbonyl (C=O) groups is 1. The van der Waals surface area contributed by atoms with Gasteiger partial charge in [0.2, 0.25) is 5.91 Å². The summed E-state index contributed by atoms with van der Waals surface area (Å²) < 4.78 is 0. The van der Waals surface area contributed by atoms with Gasteiger partial charge in [0.05, 0.1) is 0 Å². The normalized spacial score (nSPS) is 21.2. The standard InChI is InChI=1S/C15H20N2O/c1-5-7-8-14(11(3)12(4)16-6-2)13-9-15(18)17-10-13/h5-8,13H,2-3,9-10H2,1,4H3,(H,17,18)/b7-5-,14-8+,16-12+. The largest absolute Gasteiger partial charge is 0.355 e. The van der Waals surface area contributed by atoms with Crippen LogP contribution in [0.3, 0.4) is 0 Å². The fraction of sp³-hybridized carbons (Fsp3) is 0.333. The van der Waals surface area contributed by atoms with Crippen molar-refractivity contribution in [2.24, 2.45) is 10.9 Å². The Hall–Kier alpha value is -1.90. The van der Waals surface area contributed by atoms with E-state index in [9.17, 15) is 4.79 Å². The van der Waals surface area contributed by atoms with E-state index in [2.05, 4.69) is 23.5 Å². The zero-order chi connectivity index (χ0) is 13.5. The molecule has 1 amide bonds. The number of hydrogen-bond donors (Lipinski definition) is 1. The number of nitrogens with one attached hydrogen (secondary N) is 1. The van der Waals surface area contributed by atoms with Gasteiger partial charge in [-0.25, -0.2) is 0 Å². The molecule has 1 rings (SSSR count). The quantitative estimate of drug-likeness (QED) is 0.586. The molecule has 1 N–H and O–H groups in total. The number of carbonyl (C=O) groups excluding carboxylic acids is 1. The van der Waals surface area contributed by atoms with Crippen molar-refractivity contribution < 1.29 is 4.79 Å². The van der Waals surface area contributed by atoms with Crippen LogP contribution >= 0.6 is 0 Å². The van der Waals surface area contributed by atoms with Gasteiger partial charge in [-0.15, -0.1) is 0 Å². The second-order valence-electron chi connectivity index (χ2n) is 4.23. The first-order chi connectivity index (χ1) is 8.60. The Morgan fingerprint density at radius 2 is 2.28 bits per heavy atom. The molecule has 3 heteroatoms. The predicted octanol–water partition coefficient (Wildman–Crippen LogP) is 2.79. The van der Waals surface area contributed by atoms with Gasteiger partial charge in [-0.3, -0.25) is 9.79 Å². The molecule has 0 aromatic carbocycles. The van der Waals surface area contributed by atoms with Gasteiger partial charge < -0.3 is 5.32 Å². The van der Waals surface area contributed by atoms with Crippen LogP contribution in [0.25, 0.3) is 0 Å². The first-order valence-electron chi connectivity index (χ1n) is 6.04. The first kappa shape index (κ1) is 14.2.